The molecule has 0 aromatic heterocycles. The molecule has 0 radical (unpaired) electrons. The number of phenols is 1. The molecule has 0 spiro atoms. The molecule has 7 nitrogen and oxygen atoms in total. The van der Waals surface area contributed by atoms with Gasteiger partial charge in [-0.1, -0.05) is 6.07 Å². The van der Waals surface area contributed by atoms with Crippen molar-refractivity contribution in [2.45, 2.75) is 57.7 Å². The zero-order chi connectivity index (χ0) is 21.8. The average Bonchev–Trinajstić information content (AvgIpc) is 2.58. The number of piperidine rings is 1. The van der Waals surface area contributed by atoms with E-state index in [9.17, 15) is 5.11 Å². The molecule has 0 amide bonds. The third-order valence-corrected chi connectivity index (χ3v) is 4.80. The molecule has 1 aromatic rings. The van der Waals surface area contributed by atoms with Crippen LogP contribution in [0, 0.1) is 16.2 Å². The maximum absolute atomic E-state index is 10.2. The Morgan fingerprint density at radius 1 is 1.17 bits per heavy atom. The van der Waals surface area contributed by atoms with Crippen LogP contribution in [0.1, 0.15) is 51.7 Å². The summed E-state index contributed by atoms with van der Waals surface area (Å²) in [5.41, 5.74) is 6.75. The Bertz CT molecular complexity index is 852. The number of aromatic hydroxyl groups is 1. The standard InChI is InChI=1S/C22H31N5O2/c1-21(2)10-16(11-22(3,4)27-21)29-20(26)8-7-18(25)17-6-5-14(9-19(17)28)15(12-23)13-24/h5-9,12-13,16,23,25-28H,10-11,24H2,1-4H3/b8-7-,15-13+,23-12?,25-18?,26-20?. The van der Waals surface area contributed by atoms with Crippen LogP contribution in [0.5, 0.6) is 5.75 Å². The zero-order valence-electron chi connectivity index (χ0n) is 17.5. The van der Waals surface area contributed by atoms with Gasteiger partial charge in [-0.3, -0.25) is 5.41 Å². The zero-order valence-corrected chi connectivity index (χ0v) is 17.5. The highest BCUT2D eigenvalue weighted by Gasteiger charge is 2.38. The van der Waals surface area contributed by atoms with E-state index in [0.717, 1.165) is 19.1 Å². The molecule has 0 unspecified atom stereocenters. The van der Waals surface area contributed by atoms with Gasteiger partial charge in [0.05, 0.1) is 5.71 Å². The Hall–Kier alpha value is -2.93. The summed E-state index contributed by atoms with van der Waals surface area (Å²) in [6.07, 6.45) is 6.75. The quantitative estimate of drug-likeness (QED) is 0.322. The number of rotatable bonds is 6. The lowest BCUT2D eigenvalue weighted by Gasteiger charge is -2.46. The van der Waals surface area contributed by atoms with Crippen molar-refractivity contribution in [1.82, 2.24) is 5.32 Å². The van der Waals surface area contributed by atoms with E-state index in [1.165, 1.54) is 24.4 Å². The SMILES string of the molecule is CC1(C)CC(OC(=N)/C=C\C(=N)c2ccc(/C(C=N)=C/N)cc2O)CC(C)(C)N1. The largest absolute Gasteiger partial charge is 0.507 e. The highest BCUT2D eigenvalue weighted by Crippen LogP contribution is 2.30. The summed E-state index contributed by atoms with van der Waals surface area (Å²) in [7, 11) is 0. The van der Waals surface area contributed by atoms with Crippen LogP contribution in [-0.4, -0.2) is 40.1 Å². The lowest BCUT2D eigenvalue weighted by molar-refractivity contribution is 0.0485. The molecule has 1 aliphatic rings. The number of ether oxygens (including phenoxy) is 1. The fraction of sp³-hybridized carbons (Fsp3) is 0.409. The van der Waals surface area contributed by atoms with Gasteiger partial charge in [-0.2, -0.15) is 0 Å². The molecule has 0 bridgehead atoms. The maximum atomic E-state index is 10.2. The Labute approximate surface area is 172 Å². The molecule has 156 valence electrons. The van der Waals surface area contributed by atoms with E-state index in [1.54, 1.807) is 12.1 Å². The van der Waals surface area contributed by atoms with Crippen molar-refractivity contribution >= 4 is 23.4 Å². The molecule has 0 saturated carbocycles. The molecule has 1 saturated heterocycles. The van der Waals surface area contributed by atoms with Crippen molar-refractivity contribution in [2.24, 2.45) is 5.73 Å². The second-order valence-electron chi connectivity index (χ2n) is 8.65. The van der Waals surface area contributed by atoms with Crippen molar-refractivity contribution in [3.8, 4) is 5.75 Å². The lowest BCUT2D eigenvalue weighted by atomic mass is 9.81. The van der Waals surface area contributed by atoms with E-state index in [1.807, 2.05) is 0 Å². The number of phenolic OH excluding ortho intramolecular Hbond substituents is 1. The molecule has 1 heterocycles. The van der Waals surface area contributed by atoms with Gasteiger partial charge in [-0.05, 0) is 51.5 Å². The molecule has 7 N–H and O–H groups in total. The van der Waals surface area contributed by atoms with Gasteiger partial charge in [0.15, 0.2) is 0 Å². The van der Waals surface area contributed by atoms with Crippen LogP contribution in [0.2, 0.25) is 0 Å². The smallest absolute Gasteiger partial charge is 0.206 e. The summed E-state index contributed by atoms with van der Waals surface area (Å²) in [4.78, 5) is 0. The van der Waals surface area contributed by atoms with Gasteiger partial charge in [0.25, 0.3) is 0 Å². The van der Waals surface area contributed by atoms with Gasteiger partial charge in [0.2, 0.25) is 5.90 Å². The number of benzene rings is 1. The Morgan fingerprint density at radius 2 is 1.79 bits per heavy atom. The minimum Gasteiger partial charge on any atom is -0.507 e. The first-order chi connectivity index (χ1) is 13.5. The minimum atomic E-state index is -0.0901. The number of nitrogens with one attached hydrogen (secondary N) is 4. The summed E-state index contributed by atoms with van der Waals surface area (Å²) >= 11 is 0. The number of hydrogen-bond acceptors (Lipinski definition) is 7. The summed E-state index contributed by atoms with van der Waals surface area (Å²) in [6, 6.07) is 4.73. The van der Waals surface area contributed by atoms with Gasteiger partial charge in [0.1, 0.15) is 11.9 Å². The molecule has 2 rings (SSSR count). The normalized spacial score (nSPS) is 19.1. The number of hydrogen-bond donors (Lipinski definition) is 6. The van der Waals surface area contributed by atoms with E-state index in [-0.39, 0.29) is 34.5 Å². The number of nitrogens with two attached hydrogens (primary N) is 1. The second-order valence-corrected chi connectivity index (χ2v) is 8.65. The molecule has 7 heteroatoms. The van der Waals surface area contributed by atoms with Crippen LogP contribution < -0.4 is 11.1 Å². The highest BCUT2D eigenvalue weighted by molar-refractivity contribution is 6.12. The van der Waals surface area contributed by atoms with E-state index >= 15 is 0 Å². The highest BCUT2D eigenvalue weighted by atomic mass is 16.5. The molecule has 29 heavy (non-hydrogen) atoms. The van der Waals surface area contributed by atoms with Gasteiger partial charge in [0, 0.05) is 53.5 Å². The first kappa shape index (κ1) is 22.4. The Kier molecular flexibility index (Phi) is 6.64. The average molecular weight is 398 g/mol. The van der Waals surface area contributed by atoms with Crippen molar-refractivity contribution in [3.05, 3.63) is 47.7 Å². The third-order valence-electron chi connectivity index (χ3n) is 4.80. The molecule has 0 aliphatic carbocycles. The van der Waals surface area contributed by atoms with E-state index < -0.39 is 0 Å². The van der Waals surface area contributed by atoms with Crippen LogP contribution >= 0.6 is 0 Å². The van der Waals surface area contributed by atoms with Crippen molar-refractivity contribution in [3.63, 3.8) is 0 Å². The summed E-state index contributed by atoms with van der Waals surface area (Å²) < 4.78 is 5.81. The first-order valence-electron chi connectivity index (χ1n) is 9.54. The lowest BCUT2D eigenvalue weighted by Crippen LogP contribution is -2.59. The molecule has 1 aromatic carbocycles. The number of allylic oxidation sites excluding steroid dienone is 2. The van der Waals surface area contributed by atoms with E-state index in [4.69, 9.17) is 26.7 Å². The molecule has 1 aliphatic heterocycles. The van der Waals surface area contributed by atoms with Gasteiger partial charge < -0.3 is 31.7 Å². The Morgan fingerprint density at radius 3 is 2.31 bits per heavy atom. The van der Waals surface area contributed by atoms with Gasteiger partial charge >= 0.3 is 0 Å². The minimum absolute atomic E-state index is 0.0125. The summed E-state index contributed by atoms with van der Waals surface area (Å²) in [5, 5.41) is 37.4. The van der Waals surface area contributed by atoms with Gasteiger partial charge in [-0.15, -0.1) is 0 Å². The van der Waals surface area contributed by atoms with Crippen LogP contribution in [0.3, 0.4) is 0 Å². The summed E-state index contributed by atoms with van der Waals surface area (Å²) in [5.74, 6) is -0.103. The van der Waals surface area contributed by atoms with Crippen LogP contribution in [0.25, 0.3) is 5.57 Å². The van der Waals surface area contributed by atoms with E-state index in [2.05, 4.69) is 33.0 Å². The fourth-order valence-corrected chi connectivity index (χ4v) is 3.95. The van der Waals surface area contributed by atoms with Crippen LogP contribution in [0.15, 0.2) is 36.6 Å². The predicted molar refractivity (Wildman–Crippen MR) is 118 cm³/mol. The molecule has 0 atom stereocenters. The second kappa shape index (κ2) is 8.61. The Balaban J connectivity index is 2.05. The van der Waals surface area contributed by atoms with Crippen LogP contribution in [-0.2, 0) is 4.74 Å². The maximum Gasteiger partial charge on any atom is 0.206 e. The van der Waals surface area contributed by atoms with Crippen molar-refractivity contribution in [2.75, 3.05) is 0 Å². The first-order valence-corrected chi connectivity index (χ1v) is 9.54. The molecular weight excluding hydrogens is 366 g/mol. The summed E-state index contributed by atoms with van der Waals surface area (Å²) in [6.45, 7) is 8.48. The van der Waals surface area contributed by atoms with Gasteiger partial charge in [-0.25, -0.2) is 0 Å². The third kappa shape index (κ3) is 6.02. The molecular formula is C22H31N5O2. The topological polar surface area (TPSA) is 139 Å². The fourth-order valence-electron chi connectivity index (χ4n) is 3.95. The van der Waals surface area contributed by atoms with Crippen molar-refractivity contribution in [1.29, 1.82) is 16.2 Å². The van der Waals surface area contributed by atoms with E-state index in [0.29, 0.717) is 16.7 Å². The van der Waals surface area contributed by atoms with Crippen LogP contribution in [0.4, 0.5) is 0 Å². The van der Waals surface area contributed by atoms with Crippen molar-refractivity contribution < 1.29 is 9.84 Å². The monoisotopic (exact) mass is 397 g/mol. The predicted octanol–water partition coefficient (Wildman–Crippen LogP) is 3.57. The molecule has 1 fully saturated rings.